The molecule has 9 heteroatoms. The number of carbonyl (C=O) groups excluding carboxylic acids is 3. The summed E-state index contributed by atoms with van der Waals surface area (Å²) < 4.78 is 0. The van der Waals surface area contributed by atoms with E-state index in [1.165, 1.54) is 37.6 Å². The molecule has 0 spiro atoms. The molecule has 33 heavy (non-hydrogen) atoms. The molecule has 0 radical (unpaired) electrons. The zero-order valence-corrected chi connectivity index (χ0v) is 18.3. The van der Waals surface area contributed by atoms with E-state index in [0.29, 0.717) is 11.6 Å². The summed E-state index contributed by atoms with van der Waals surface area (Å²) >= 11 is 0. The Morgan fingerprint density at radius 3 is 2.03 bits per heavy atom. The fraction of sp³-hybridized carbons (Fsp3) is 0.292. The van der Waals surface area contributed by atoms with Gasteiger partial charge in [0, 0.05) is 28.4 Å². The molecule has 0 aliphatic heterocycles. The number of amides is 2. The predicted molar refractivity (Wildman–Crippen MR) is 125 cm³/mol. The van der Waals surface area contributed by atoms with Crippen molar-refractivity contribution >= 4 is 24.3 Å². The van der Waals surface area contributed by atoms with Crippen molar-refractivity contribution < 1.29 is 19.6 Å². The van der Waals surface area contributed by atoms with Gasteiger partial charge in [-0.3, -0.25) is 14.8 Å². The van der Waals surface area contributed by atoms with Gasteiger partial charge in [0.1, 0.15) is 6.79 Å². The minimum Gasteiger partial charge on any atom is -0.328 e. The topological polar surface area (TPSA) is 146 Å². The summed E-state index contributed by atoms with van der Waals surface area (Å²) in [7, 11) is 0. The van der Waals surface area contributed by atoms with Crippen LogP contribution in [0.3, 0.4) is 0 Å². The van der Waals surface area contributed by atoms with Crippen LogP contribution in [0.4, 0.5) is 5.69 Å². The normalized spacial score (nSPS) is 13.9. The van der Waals surface area contributed by atoms with E-state index in [9.17, 15) is 9.59 Å². The second-order valence-corrected chi connectivity index (χ2v) is 7.44. The molecule has 1 atom stereocenters. The number of anilines is 1. The largest absolute Gasteiger partial charge is 0.328 e. The van der Waals surface area contributed by atoms with Crippen molar-refractivity contribution in [2.75, 3.05) is 5.43 Å². The summed E-state index contributed by atoms with van der Waals surface area (Å²) in [5, 5.41) is 10.8. The highest BCUT2D eigenvalue weighted by molar-refractivity contribution is 5.97. The summed E-state index contributed by atoms with van der Waals surface area (Å²) in [6.07, 6.45) is 4.98. The second-order valence-electron chi connectivity index (χ2n) is 7.44. The van der Waals surface area contributed by atoms with Crippen molar-refractivity contribution in [3.05, 3.63) is 65.2 Å². The zero-order chi connectivity index (χ0) is 24.1. The molecule has 2 aromatic rings. The van der Waals surface area contributed by atoms with Crippen LogP contribution in [0.2, 0.25) is 0 Å². The van der Waals surface area contributed by atoms with Gasteiger partial charge in [0.15, 0.2) is 6.17 Å². The first-order chi connectivity index (χ1) is 16.0. The molecule has 2 amide bonds. The minimum atomic E-state index is -1.34. The van der Waals surface area contributed by atoms with E-state index in [0.717, 1.165) is 16.8 Å². The molecule has 7 N–H and O–H groups in total. The van der Waals surface area contributed by atoms with E-state index in [2.05, 4.69) is 28.0 Å². The number of carbonyl (C=O) groups is 3. The molecule has 1 aliphatic rings. The van der Waals surface area contributed by atoms with E-state index >= 15 is 0 Å². The van der Waals surface area contributed by atoms with E-state index < -0.39 is 18.0 Å². The van der Waals surface area contributed by atoms with Gasteiger partial charge >= 0.3 is 0 Å². The molecular weight excluding hydrogens is 422 g/mol. The van der Waals surface area contributed by atoms with E-state index in [4.69, 9.17) is 15.7 Å². The fourth-order valence-corrected chi connectivity index (χ4v) is 3.28. The average molecular weight is 452 g/mol. The quantitative estimate of drug-likeness (QED) is 0.170. The Hall–Kier alpha value is -3.71. The van der Waals surface area contributed by atoms with Gasteiger partial charge in [-0.2, -0.15) is 0 Å². The molecule has 0 heterocycles. The molecule has 9 nitrogen and oxygen atoms in total. The first kappa shape index (κ1) is 25.5. The predicted octanol–water partition coefficient (Wildman–Crippen LogP) is 1.67. The Kier molecular flexibility index (Phi) is 10.6. The SMILES string of the molecule is C=O.NC(NC(=O)c1ccc(C#Cc2ccc(NNC3CCCCC3)cc2)cc1)C(=O)NO. The Morgan fingerprint density at radius 2 is 1.48 bits per heavy atom. The maximum absolute atomic E-state index is 12.1. The average Bonchev–Trinajstić information content (AvgIpc) is 2.88. The standard InChI is InChI=1S/C23H27N5O3.CH2O/c24-21(23(30)28-31)25-22(29)18-12-8-16(9-13-18)6-7-17-10-14-20(15-11-17)27-26-19-4-2-1-3-5-19;1-2/h8-15,19,21,26-27,31H,1-5,24H2,(H,25,29)(H,28,30);1H2. The number of benzene rings is 2. The van der Waals surface area contributed by atoms with E-state index in [1.54, 1.807) is 24.3 Å². The van der Waals surface area contributed by atoms with Crippen LogP contribution < -0.4 is 27.4 Å². The molecule has 1 fully saturated rings. The van der Waals surface area contributed by atoms with Crippen molar-refractivity contribution in [1.82, 2.24) is 16.2 Å². The summed E-state index contributed by atoms with van der Waals surface area (Å²) in [5.41, 5.74) is 16.4. The summed E-state index contributed by atoms with van der Waals surface area (Å²) in [4.78, 5) is 31.2. The fourth-order valence-electron chi connectivity index (χ4n) is 3.28. The lowest BCUT2D eigenvalue weighted by molar-refractivity contribution is -0.131. The number of nitrogens with two attached hydrogens (primary N) is 1. The van der Waals surface area contributed by atoms with Crippen molar-refractivity contribution in [3.63, 3.8) is 0 Å². The van der Waals surface area contributed by atoms with Crippen LogP contribution in [0.1, 0.15) is 53.6 Å². The van der Waals surface area contributed by atoms with Crippen LogP contribution in [-0.4, -0.2) is 36.0 Å². The third-order valence-corrected chi connectivity index (χ3v) is 5.09. The molecule has 0 saturated heterocycles. The number of hydrazine groups is 1. The van der Waals surface area contributed by atoms with Crippen LogP contribution in [0.25, 0.3) is 0 Å². The monoisotopic (exact) mass is 451 g/mol. The van der Waals surface area contributed by atoms with Crippen molar-refractivity contribution in [2.24, 2.45) is 5.73 Å². The van der Waals surface area contributed by atoms with Crippen LogP contribution in [0.5, 0.6) is 0 Å². The molecular formula is C24H29N5O4. The third-order valence-electron chi connectivity index (χ3n) is 5.09. The van der Waals surface area contributed by atoms with Gasteiger partial charge in [-0.25, -0.2) is 10.9 Å². The number of rotatable bonds is 6. The molecule has 174 valence electrons. The summed E-state index contributed by atoms with van der Waals surface area (Å²) in [6.45, 7) is 2.00. The van der Waals surface area contributed by atoms with Crippen LogP contribution in [0, 0.1) is 11.8 Å². The van der Waals surface area contributed by atoms with Crippen LogP contribution >= 0.6 is 0 Å². The Morgan fingerprint density at radius 1 is 0.939 bits per heavy atom. The highest BCUT2D eigenvalue weighted by Gasteiger charge is 2.16. The second kappa shape index (κ2) is 13.6. The van der Waals surface area contributed by atoms with Crippen molar-refractivity contribution in [3.8, 4) is 11.8 Å². The lowest BCUT2D eigenvalue weighted by Gasteiger charge is -2.23. The van der Waals surface area contributed by atoms with Gasteiger partial charge in [-0.05, 0) is 61.4 Å². The van der Waals surface area contributed by atoms with E-state index in [1.807, 2.05) is 31.1 Å². The number of hydrogen-bond donors (Lipinski definition) is 6. The molecule has 1 aliphatic carbocycles. The van der Waals surface area contributed by atoms with Crippen LogP contribution in [-0.2, 0) is 9.59 Å². The maximum atomic E-state index is 12.1. The third kappa shape index (κ3) is 8.38. The summed E-state index contributed by atoms with van der Waals surface area (Å²) in [5.74, 6) is 4.73. The lowest BCUT2D eigenvalue weighted by atomic mass is 9.96. The number of nitrogens with one attached hydrogen (secondary N) is 4. The summed E-state index contributed by atoms with van der Waals surface area (Å²) in [6, 6.07) is 15.0. The highest BCUT2D eigenvalue weighted by Crippen LogP contribution is 2.17. The number of hydrogen-bond acceptors (Lipinski definition) is 7. The molecule has 0 aromatic heterocycles. The Balaban J connectivity index is 0.00000187. The molecule has 1 saturated carbocycles. The molecule has 0 bridgehead atoms. The Labute approximate surface area is 193 Å². The van der Waals surface area contributed by atoms with Crippen LogP contribution in [0.15, 0.2) is 48.5 Å². The Bertz CT molecular complexity index is 961. The minimum absolute atomic E-state index is 0.327. The van der Waals surface area contributed by atoms with Crippen molar-refractivity contribution in [1.29, 1.82) is 0 Å². The van der Waals surface area contributed by atoms with Gasteiger partial charge in [-0.15, -0.1) is 0 Å². The van der Waals surface area contributed by atoms with Gasteiger partial charge in [0.25, 0.3) is 11.8 Å². The first-order valence-corrected chi connectivity index (χ1v) is 10.6. The van der Waals surface area contributed by atoms with Gasteiger partial charge in [0.05, 0.1) is 0 Å². The lowest BCUT2D eigenvalue weighted by Crippen LogP contribution is -2.51. The number of hydroxylamine groups is 1. The molecule has 2 aromatic carbocycles. The molecule has 3 rings (SSSR count). The van der Waals surface area contributed by atoms with Gasteiger partial charge in [0.2, 0.25) is 0 Å². The molecule has 1 unspecified atom stereocenters. The highest BCUT2D eigenvalue weighted by atomic mass is 16.5. The van der Waals surface area contributed by atoms with E-state index in [-0.39, 0.29) is 0 Å². The maximum Gasteiger partial charge on any atom is 0.280 e. The first-order valence-electron chi connectivity index (χ1n) is 10.6. The van der Waals surface area contributed by atoms with Gasteiger partial charge < -0.3 is 21.3 Å². The smallest absolute Gasteiger partial charge is 0.280 e. The zero-order valence-electron chi connectivity index (χ0n) is 18.3. The van der Waals surface area contributed by atoms with Gasteiger partial charge in [-0.1, -0.05) is 31.1 Å². The van der Waals surface area contributed by atoms with Crippen molar-refractivity contribution in [2.45, 2.75) is 44.3 Å².